The minimum absolute atomic E-state index is 0.369. The van der Waals surface area contributed by atoms with E-state index in [1.807, 2.05) is 0 Å². The van der Waals surface area contributed by atoms with E-state index < -0.39 is 0 Å². The second kappa shape index (κ2) is 2.83. The summed E-state index contributed by atoms with van der Waals surface area (Å²) in [6.45, 7) is 6.36. The first kappa shape index (κ1) is 8.93. The Balaban J connectivity index is 1.92. The van der Waals surface area contributed by atoms with Crippen LogP contribution in [0, 0.1) is 11.8 Å². The maximum atomic E-state index is 5.70. The molecule has 2 bridgehead atoms. The van der Waals surface area contributed by atoms with Crippen LogP contribution in [-0.4, -0.2) is 29.8 Å². The second-order valence-corrected chi connectivity index (χ2v) is 5.34. The monoisotopic (exact) mass is 193 g/mol. The Morgan fingerprint density at radius 1 is 1.43 bits per heavy atom. The molecule has 1 aliphatic heterocycles. The number of rotatable bonds is 1. The Morgan fingerprint density at radius 2 is 2.29 bits per heavy atom. The molecule has 1 saturated carbocycles. The van der Waals surface area contributed by atoms with E-state index in [-0.39, 0.29) is 0 Å². The van der Waals surface area contributed by atoms with Crippen LogP contribution in [0.4, 0.5) is 0 Å². The van der Waals surface area contributed by atoms with E-state index in [0.717, 1.165) is 25.2 Å². The molecule has 0 aromatic carbocycles. The normalized spacial score (nSPS) is 46.2. The van der Waals surface area contributed by atoms with E-state index in [9.17, 15) is 0 Å². The first-order valence-electron chi connectivity index (χ1n) is 5.75. The molecule has 78 valence electrons. The van der Waals surface area contributed by atoms with Crippen LogP contribution < -0.4 is 0 Å². The summed E-state index contributed by atoms with van der Waals surface area (Å²) in [7, 11) is 0. The molecule has 0 aromatic heterocycles. The smallest absolute Gasteiger partial charge is 0.0998 e. The zero-order valence-corrected chi connectivity index (χ0v) is 9.07. The molecule has 1 heterocycles. The molecular weight excluding hydrogens is 174 g/mol. The van der Waals surface area contributed by atoms with Gasteiger partial charge in [-0.2, -0.15) is 0 Å². The summed E-state index contributed by atoms with van der Waals surface area (Å²) >= 11 is 0. The SMILES string of the molecule is CC(C)N1COCC12C[C@H]1C=C[C@@H]2C1. The van der Waals surface area contributed by atoms with Gasteiger partial charge in [0.2, 0.25) is 0 Å². The van der Waals surface area contributed by atoms with Gasteiger partial charge in [-0.25, -0.2) is 0 Å². The van der Waals surface area contributed by atoms with Gasteiger partial charge in [0.05, 0.1) is 18.9 Å². The van der Waals surface area contributed by atoms with Crippen LogP contribution >= 0.6 is 0 Å². The molecule has 0 radical (unpaired) electrons. The zero-order chi connectivity index (χ0) is 9.76. The number of ether oxygens (including phenoxy) is 1. The van der Waals surface area contributed by atoms with E-state index in [1.165, 1.54) is 12.8 Å². The Labute approximate surface area is 85.9 Å². The quantitative estimate of drug-likeness (QED) is 0.591. The number of hydrogen-bond donors (Lipinski definition) is 0. The van der Waals surface area contributed by atoms with Gasteiger partial charge in [-0.05, 0) is 38.5 Å². The highest BCUT2D eigenvalue weighted by Gasteiger charge is 2.55. The minimum atomic E-state index is 0.369. The number of fused-ring (bicyclic) bond motifs is 3. The van der Waals surface area contributed by atoms with Crippen molar-refractivity contribution in [1.82, 2.24) is 4.90 Å². The molecule has 3 aliphatic rings. The van der Waals surface area contributed by atoms with Gasteiger partial charge in [0.25, 0.3) is 0 Å². The first-order chi connectivity index (χ1) is 6.72. The third kappa shape index (κ3) is 0.986. The second-order valence-electron chi connectivity index (χ2n) is 5.34. The maximum Gasteiger partial charge on any atom is 0.0998 e. The average Bonchev–Trinajstić information content (AvgIpc) is 2.79. The van der Waals surface area contributed by atoms with Gasteiger partial charge in [0.15, 0.2) is 0 Å². The Kier molecular flexibility index (Phi) is 1.80. The molecule has 2 nitrogen and oxygen atoms in total. The fraction of sp³-hybridized carbons (Fsp3) is 0.833. The molecule has 0 amide bonds. The molecule has 0 N–H and O–H groups in total. The summed E-state index contributed by atoms with van der Waals surface area (Å²) in [5.41, 5.74) is 0.369. The molecule has 14 heavy (non-hydrogen) atoms. The van der Waals surface area contributed by atoms with Gasteiger partial charge in [0, 0.05) is 6.04 Å². The van der Waals surface area contributed by atoms with Crippen molar-refractivity contribution >= 4 is 0 Å². The highest BCUT2D eigenvalue weighted by molar-refractivity contribution is 5.21. The van der Waals surface area contributed by atoms with E-state index in [4.69, 9.17) is 4.74 Å². The van der Waals surface area contributed by atoms with E-state index >= 15 is 0 Å². The van der Waals surface area contributed by atoms with Crippen molar-refractivity contribution in [1.29, 1.82) is 0 Å². The Bertz CT molecular complexity index is 273. The van der Waals surface area contributed by atoms with Crippen molar-refractivity contribution in [2.45, 2.75) is 38.3 Å². The molecule has 3 rings (SSSR count). The van der Waals surface area contributed by atoms with Crippen LogP contribution in [0.1, 0.15) is 26.7 Å². The van der Waals surface area contributed by atoms with Crippen LogP contribution in [0.2, 0.25) is 0 Å². The Morgan fingerprint density at radius 3 is 2.86 bits per heavy atom. The lowest BCUT2D eigenvalue weighted by Gasteiger charge is -2.40. The van der Waals surface area contributed by atoms with Crippen LogP contribution in [0.3, 0.4) is 0 Å². The highest BCUT2D eigenvalue weighted by atomic mass is 16.5. The fourth-order valence-electron chi connectivity index (χ4n) is 3.62. The van der Waals surface area contributed by atoms with Crippen molar-refractivity contribution in [2.24, 2.45) is 11.8 Å². The van der Waals surface area contributed by atoms with Gasteiger partial charge in [-0.15, -0.1) is 0 Å². The first-order valence-corrected chi connectivity index (χ1v) is 5.75. The zero-order valence-electron chi connectivity index (χ0n) is 9.07. The van der Waals surface area contributed by atoms with Gasteiger partial charge in [-0.1, -0.05) is 12.2 Å². The summed E-state index contributed by atoms with van der Waals surface area (Å²) in [4.78, 5) is 2.57. The highest BCUT2D eigenvalue weighted by Crippen LogP contribution is 2.51. The van der Waals surface area contributed by atoms with Crippen molar-refractivity contribution in [3.8, 4) is 0 Å². The number of hydrogen-bond acceptors (Lipinski definition) is 2. The molecular formula is C12H19NO. The molecule has 1 saturated heterocycles. The lowest BCUT2D eigenvalue weighted by molar-refractivity contribution is 0.0756. The van der Waals surface area contributed by atoms with Crippen molar-refractivity contribution in [2.75, 3.05) is 13.3 Å². The fourth-order valence-corrected chi connectivity index (χ4v) is 3.62. The van der Waals surface area contributed by atoms with Crippen LogP contribution in [-0.2, 0) is 4.74 Å². The molecule has 0 aromatic rings. The van der Waals surface area contributed by atoms with Crippen molar-refractivity contribution in [3.05, 3.63) is 12.2 Å². The molecule has 2 fully saturated rings. The maximum absolute atomic E-state index is 5.70. The predicted octanol–water partition coefficient (Wildman–Crippen LogP) is 2.02. The summed E-state index contributed by atoms with van der Waals surface area (Å²) < 4.78 is 5.70. The van der Waals surface area contributed by atoms with Gasteiger partial charge in [0.1, 0.15) is 0 Å². The molecule has 1 spiro atoms. The van der Waals surface area contributed by atoms with Crippen molar-refractivity contribution in [3.63, 3.8) is 0 Å². The van der Waals surface area contributed by atoms with E-state index in [2.05, 4.69) is 30.9 Å². The summed E-state index contributed by atoms with van der Waals surface area (Å²) in [6, 6.07) is 0.616. The Hall–Kier alpha value is -0.340. The van der Waals surface area contributed by atoms with Crippen molar-refractivity contribution < 1.29 is 4.74 Å². The third-order valence-corrected chi connectivity index (χ3v) is 4.26. The van der Waals surface area contributed by atoms with Crippen LogP contribution in [0.25, 0.3) is 0 Å². The van der Waals surface area contributed by atoms with Crippen LogP contribution in [0.5, 0.6) is 0 Å². The number of nitrogens with zero attached hydrogens (tertiary/aromatic N) is 1. The van der Waals surface area contributed by atoms with Gasteiger partial charge < -0.3 is 4.74 Å². The largest absolute Gasteiger partial charge is 0.364 e. The molecule has 2 aliphatic carbocycles. The van der Waals surface area contributed by atoms with E-state index in [1.54, 1.807) is 0 Å². The lowest BCUT2D eigenvalue weighted by atomic mass is 9.83. The topological polar surface area (TPSA) is 12.5 Å². The molecule has 2 heteroatoms. The van der Waals surface area contributed by atoms with Gasteiger partial charge in [-0.3, -0.25) is 4.90 Å². The molecule has 3 atom stereocenters. The standard InChI is InChI=1S/C12H19NO/c1-9(2)13-8-14-7-12(13)6-10-3-4-11(12)5-10/h3-4,9-11H,5-8H2,1-2H3/t10-,11+,12?/m0/s1. The molecule has 1 unspecified atom stereocenters. The minimum Gasteiger partial charge on any atom is -0.364 e. The van der Waals surface area contributed by atoms with Crippen LogP contribution in [0.15, 0.2) is 12.2 Å². The lowest BCUT2D eigenvalue weighted by Crippen LogP contribution is -2.52. The third-order valence-electron chi connectivity index (χ3n) is 4.26. The van der Waals surface area contributed by atoms with E-state index in [0.29, 0.717) is 11.6 Å². The van der Waals surface area contributed by atoms with Gasteiger partial charge >= 0.3 is 0 Å². The number of allylic oxidation sites excluding steroid dienone is 1. The average molecular weight is 193 g/mol. The summed E-state index contributed by atoms with van der Waals surface area (Å²) in [6.07, 6.45) is 7.53. The predicted molar refractivity (Wildman–Crippen MR) is 55.9 cm³/mol. The summed E-state index contributed by atoms with van der Waals surface area (Å²) in [5.74, 6) is 1.60. The summed E-state index contributed by atoms with van der Waals surface area (Å²) in [5, 5.41) is 0.